The average molecular weight is 456 g/mol. The minimum Gasteiger partial charge on any atom is -0.325 e. The van der Waals surface area contributed by atoms with E-state index < -0.39 is 15.4 Å². The Kier molecular flexibility index (Phi) is 5.85. The summed E-state index contributed by atoms with van der Waals surface area (Å²) in [5.41, 5.74) is 0.930. The SMILES string of the molecule is CC1CCCN(S(=O)(=O)c2ccc3c(c2)C(C)(C)C(=O)N3CC(=O)Nc2ccccc2)C1. The summed E-state index contributed by atoms with van der Waals surface area (Å²) in [7, 11) is -3.64. The summed E-state index contributed by atoms with van der Waals surface area (Å²) in [6.07, 6.45) is 1.87. The van der Waals surface area contributed by atoms with E-state index in [9.17, 15) is 18.0 Å². The van der Waals surface area contributed by atoms with Crippen molar-refractivity contribution in [1.82, 2.24) is 4.31 Å². The molecule has 0 aromatic heterocycles. The first kappa shape index (κ1) is 22.5. The van der Waals surface area contributed by atoms with Crippen LogP contribution in [0.4, 0.5) is 11.4 Å². The second-order valence-corrected chi connectivity index (χ2v) is 11.2. The van der Waals surface area contributed by atoms with Crippen molar-refractivity contribution in [3.63, 3.8) is 0 Å². The second kappa shape index (κ2) is 8.33. The van der Waals surface area contributed by atoms with Gasteiger partial charge in [0.15, 0.2) is 0 Å². The lowest BCUT2D eigenvalue weighted by Crippen LogP contribution is -2.40. The van der Waals surface area contributed by atoms with Crippen molar-refractivity contribution in [2.24, 2.45) is 5.92 Å². The van der Waals surface area contributed by atoms with Gasteiger partial charge in [0.2, 0.25) is 21.8 Å². The number of piperidine rings is 1. The molecule has 1 fully saturated rings. The van der Waals surface area contributed by atoms with Crippen LogP contribution in [0.15, 0.2) is 53.4 Å². The van der Waals surface area contributed by atoms with Crippen LogP contribution in [-0.2, 0) is 25.0 Å². The van der Waals surface area contributed by atoms with Gasteiger partial charge in [-0.05, 0) is 68.5 Å². The fourth-order valence-corrected chi connectivity index (χ4v) is 6.13. The zero-order valence-electron chi connectivity index (χ0n) is 18.7. The summed E-state index contributed by atoms with van der Waals surface area (Å²) in [6.45, 7) is 6.47. The largest absolute Gasteiger partial charge is 0.325 e. The molecule has 8 heteroatoms. The molecule has 1 unspecified atom stereocenters. The van der Waals surface area contributed by atoms with Crippen LogP contribution in [0.3, 0.4) is 0 Å². The van der Waals surface area contributed by atoms with Gasteiger partial charge in [-0.15, -0.1) is 0 Å². The van der Waals surface area contributed by atoms with E-state index in [2.05, 4.69) is 12.2 Å². The summed E-state index contributed by atoms with van der Waals surface area (Å²) in [5.74, 6) is -0.214. The van der Waals surface area contributed by atoms with Gasteiger partial charge >= 0.3 is 0 Å². The molecule has 2 aromatic rings. The molecule has 2 amide bonds. The molecular formula is C24H29N3O4S. The number of sulfonamides is 1. The quantitative estimate of drug-likeness (QED) is 0.749. The van der Waals surface area contributed by atoms with E-state index in [1.54, 1.807) is 44.2 Å². The molecule has 0 spiro atoms. The molecule has 0 bridgehead atoms. The average Bonchev–Trinajstić information content (AvgIpc) is 2.95. The third kappa shape index (κ3) is 4.04. The molecule has 0 aliphatic carbocycles. The van der Waals surface area contributed by atoms with Crippen molar-refractivity contribution in [1.29, 1.82) is 0 Å². The number of benzene rings is 2. The minimum absolute atomic E-state index is 0.139. The number of nitrogens with zero attached hydrogens (tertiary/aromatic N) is 2. The van der Waals surface area contributed by atoms with E-state index in [-0.39, 0.29) is 23.3 Å². The van der Waals surface area contributed by atoms with Gasteiger partial charge in [0, 0.05) is 24.5 Å². The number of carbonyl (C=O) groups is 2. The Morgan fingerprint density at radius 3 is 2.56 bits per heavy atom. The van der Waals surface area contributed by atoms with Gasteiger partial charge in [-0.1, -0.05) is 25.1 Å². The Bertz CT molecular complexity index is 1150. The van der Waals surface area contributed by atoms with Gasteiger partial charge in [-0.3, -0.25) is 9.59 Å². The van der Waals surface area contributed by atoms with Crippen molar-refractivity contribution in [2.75, 3.05) is 29.9 Å². The summed E-state index contributed by atoms with van der Waals surface area (Å²) in [6, 6.07) is 13.9. The highest BCUT2D eigenvalue weighted by atomic mass is 32.2. The molecule has 32 heavy (non-hydrogen) atoms. The van der Waals surface area contributed by atoms with Gasteiger partial charge in [0.1, 0.15) is 6.54 Å². The first-order valence-electron chi connectivity index (χ1n) is 10.9. The van der Waals surface area contributed by atoms with Crippen LogP contribution >= 0.6 is 0 Å². The van der Waals surface area contributed by atoms with Crippen molar-refractivity contribution in [2.45, 2.75) is 43.9 Å². The highest BCUT2D eigenvalue weighted by molar-refractivity contribution is 7.89. The Morgan fingerprint density at radius 2 is 1.88 bits per heavy atom. The molecule has 2 aromatic carbocycles. The molecule has 7 nitrogen and oxygen atoms in total. The summed E-state index contributed by atoms with van der Waals surface area (Å²) >= 11 is 0. The number of hydrogen-bond donors (Lipinski definition) is 1. The van der Waals surface area contributed by atoms with Crippen LogP contribution in [0.1, 0.15) is 39.2 Å². The molecule has 1 saturated heterocycles. The second-order valence-electron chi connectivity index (χ2n) is 9.22. The molecular weight excluding hydrogens is 426 g/mol. The van der Waals surface area contributed by atoms with Gasteiger partial charge in [-0.2, -0.15) is 4.31 Å². The Balaban J connectivity index is 1.61. The maximum atomic E-state index is 13.3. The number of fused-ring (bicyclic) bond motifs is 1. The first-order chi connectivity index (χ1) is 15.1. The van der Waals surface area contributed by atoms with Crippen LogP contribution in [0.5, 0.6) is 0 Å². The zero-order chi connectivity index (χ0) is 23.1. The van der Waals surface area contributed by atoms with Crippen molar-refractivity contribution < 1.29 is 18.0 Å². The fourth-order valence-electron chi connectivity index (χ4n) is 4.51. The summed E-state index contributed by atoms with van der Waals surface area (Å²) in [5, 5.41) is 2.79. The number of anilines is 2. The molecule has 4 rings (SSSR count). The van der Waals surface area contributed by atoms with Crippen molar-refractivity contribution >= 4 is 33.2 Å². The van der Waals surface area contributed by atoms with Gasteiger partial charge in [-0.25, -0.2) is 8.42 Å². The lowest BCUT2D eigenvalue weighted by molar-refractivity contribution is -0.124. The molecule has 1 N–H and O–H groups in total. The van der Waals surface area contributed by atoms with Crippen LogP contribution in [0.2, 0.25) is 0 Å². The van der Waals surface area contributed by atoms with E-state index in [0.29, 0.717) is 35.9 Å². The molecule has 2 aliphatic rings. The maximum absolute atomic E-state index is 13.3. The maximum Gasteiger partial charge on any atom is 0.244 e. The topological polar surface area (TPSA) is 86.8 Å². The number of amides is 2. The number of hydrogen-bond acceptors (Lipinski definition) is 4. The normalized spacial score (nSPS) is 20.8. The van der Waals surface area contributed by atoms with E-state index in [1.807, 2.05) is 18.2 Å². The third-order valence-corrected chi connectivity index (χ3v) is 8.19. The van der Waals surface area contributed by atoms with Crippen molar-refractivity contribution in [3.05, 3.63) is 54.1 Å². The lowest BCUT2D eigenvalue weighted by Gasteiger charge is -2.30. The van der Waals surface area contributed by atoms with Gasteiger partial charge in [0.25, 0.3) is 0 Å². The van der Waals surface area contributed by atoms with E-state index >= 15 is 0 Å². The molecule has 0 saturated carbocycles. The Morgan fingerprint density at radius 1 is 1.16 bits per heavy atom. The zero-order valence-corrected chi connectivity index (χ0v) is 19.5. The standard InChI is InChI=1S/C24H29N3O4S/c1-17-8-7-13-26(15-17)32(30,31)19-11-12-21-20(14-19)24(2,3)23(29)27(21)16-22(28)25-18-9-5-4-6-10-18/h4-6,9-12,14,17H,7-8,13,15-16H2,1-3H3,(H,25,28). The molecule has 0 radical (unpaired) electrons. The molecule has 2 aliphatic heterocycles. The van der Waals surface area contributed by atoms with Gasteiger partial charge < -0.3 is 10.2 Å². The van der Waals surface area contributed by atoms with Gasteiger partial charge in [0.05, 0.1) is 10.3 Å². The Hall–Kier alpha value is -2.71. The number of nitrogens with one attached hydrogen (secondary N) is 1. The molecule has 1 atom stereocenters. The predicted octanol–water partition coefficient (Wildman–Crippen LogP) is 3.37. The number of rotatable bonds is 5. The minimum atomic E-state index is -3.64. The monoisotopic (exact) mass is 455 g/mol. The first-order valence-corrected chi connectivity index (χ1v) is 12.4. The number of carbonyl (C=O) groups excluding carboxylic acids is 2. The highest BCUT2D eigenvalue weighted by Gasteiger charge is 2.45. The smallest absolute Gasteiger partial charge is 0.244 e. The van der Waals surface area contributed by atoms with Crippen molar-refractivity contribution in [3.8, 4) is 0 Å². The number of para-hydroxylation sites is 1. The highest BCUT2D eigenvalue weighted by Crippen LogP contribution is 2.43. The van der Waals surface area contributed by atoms with Crippen LogP contribution in [0.25, 0.3) is 0 Å². The summed E-state index contributed by atoms with van der Waals surface area (Å²) in [4.78, 5) is 27.4. The third-order valence-electron chi connectivity index (χ3n) is 6.33. The predicted molar refractivity (Wildman–Crippen MR) is 124 cm³/mol. The fraction of sp³-hybridized carbons (Fsp3) is 0.417. The lowest BCUT2D eigenvalue weighted by atomic mass is 9.86. The van der Waals surface area contributed by atoms with E-state index in [0.717, 1.165) is 12.8 Å². The van der Waals surface area contributed by atoms with Crippen LogP contribution in [-0.4, -0.2) is 44.2 Å². The van der Waals surface area contributed by atoms with Crippen LogP contribution < -0.4 is 10.2 Å². The van der Waals surface area contributed by atoms with Crippen LogP contribution in [0, 0.1) is 5.92 Å². The Labute approximate surface area is 189 Å². The molecule has 170 valence electrons. The summed E-state index contributed by atoms with van der Waals surface area (Å²) < 4.78 is 28.0. The van der Waals surface area contributed by atoms with E-state index in [1.165, 1.54) is 9.21 Å². The molecule has 2 heterocycles. The van der Waals surface area contributed by atoms with E-state index in [4.69, 9.17) is 0 Å².